The first-order chi connectivity index (χ1) is 10.1. The van der Waals surface area contributed by atoms with Gasteiger partial charge < -0.3 is 10.2 Å². The Labute approximate surface area is 127 Å². The van der Waals surface area contributed by atoms with E-state index in [2.05, 4.69) is 35.9 Å². The first kappa shape index (κ1) is 16.0. The third-order valence-electron chi connectivity index (χ3n) is 3.97. The van der Waals surface area contributed by atoms with E-state index in [1.54, 1.807) is 0 Å². The van der Waals surface area contributed by atoms with Gasteiger partial charge in [0.15, 0.2) is 0 Å². The molecule has 1 fully saturated rings. The highest BCUT2D eigenvalue weighted by atomic mass is 16.3. The maximum Gasteiger partial charge on any atom is 0.0774 e. The van der Waals surface area contributed by atoms with Crippen molar-refractivity contribution in [1.29, 1.82) is 0 Å². The second kappa shape index (κ2) is 7.61. The normalized spacial score (nSPS) is 16.8. The fourth-order valence-electron chi connectivity index (χ4n) is 2.98. The van der Waals surface area contributed by atoms with Crippen LogP contribution in [0.3, 0.4) is 0 Å². The molecule has 0 saturated heterocycles. The summed E-state index contributed by atoms with van der Waals surface area (Å²) in [6, 6.07) is 8.19. The van der Waals surface area contributed by atoms with Crippen LogP contribution in [-0.4, -0.2) is 40.9 Å². The van der Waals surface area contributed by atoms with Crippen LogP contribution >= 0.6 is 0 Å². The molecule has 0 radical (unpaired) electrons. The summed E-state index contributed by atoms with van der Waals surface area (Å²) >= 11 is 0. The Bertz CT molecular complexity index is 492. The average molecular weight is 287 g/mol. The summed E-state index contributed by atoms with van der Waals surface area (Å²) in [6.07, 6.45) is 4.66. The van der Waals surface area contributed by atoms with E-state index in [0.29, 0.717) is 6.42 Å². The van der Waals surface area contributed by atoms with Crippen molar-refractivity contribution in [2.75, 3.05) is 20.2 Å². The molecule has 3 nitrogen and oxygen atoms in total. The molecule has 0 atom stereocenters. The first-order valence-corrected chi connectivity index (χ1v) is 7.71. The molecule has 0 aromatic heterocycles. The minimum absolute atomic E-state index is 0.110. The van der Waals surface area contributed by atoms with Crippen LogP contribution in [0.1, 0.15) is 43.2 Å². The molecule has 21 heavy (non-hydrogen) atoms. The Balaban J connectivity index is 1.86. The maximum atomic E-state index is 10.4. The number of likely N-dealkylation sites (N-methyl/N-ethyl adjacent to an activating group) is 1. The van der Waals surface area contributed by atoms with Gasteiger partial charge in [0.05, 0.1) is 12.2 Å². The van der Waals surface area contributed by atoms with Crippen LogP contribution in [0.4, 0.5) is 0 Å². The van der Waals surface area contributed by atoms with Crippen molar-refractivity contribution in [3.63, 3.8) is 0 Å². The number of aliphatic hydroxyl groups is 2. The van der Waals surface area contributed by atoms with E-state index < -0.39 is 5.60 Å². The molecule has 3 heteroatoms. The Morgan fingerprint density at radius 2 is 1.86 bits per heavy atom. The minimum atomic E-state index is -0.482. The van der Waals surface area contributed by atoms with Gasteiger partial charge in [0.1, 0.15) is 0 Å². The maximum absolute atomic E-state index is 10.4. The molecule has 2 rings (SSSR count). The second-order valence-electron chi connectivity index (χ2n) is 6.08. The number of hydrogen-bond donors (Lipinski definition) is 2. The highest BCUT2D eigenvalue weighted by Crippen LogP contribution is 2.30. The lowest BCUT2D eigenvalue weighted by atomic mass is 10.0. The Morgan fingerprint density at radius 1 is 1.19 bits per heavy atom. The quantitative estimate of drug-likeness (QED) is 0.816. The molecular weight excluding hydrogens is 262 g/mol. The van der Waals surface area contributed by atoms with Gasteiger partial charge in [-0.05, 0) is 37.6 Å². The first-order valence-electron chi connectivity index (χ1n) is 7.71. The summed E-state index contributed by atoms with van der Waals surface area (Å²) in [5, 5.41) is 19.1. The van der Waals surface area contributed by atoms with E-state index in [1.165, 1.54) is 5.56 Å². The van der Waals surface area contributed by atoms with Crippen LogP contribution in [0.2, 0.25) is 0 Å². The summed E-state index contributed by atoms with van der Waals surface area (Å²) in [4.78, 5) is 2.19. The summed E-state index contributed by atoms with van der Waals surface area (Å²) < 4.78 is 0. The predicted molar refractivity (Wildman–Crippen MR) is 84.8 cm³/mol. The summed E-state index contributed by atoms with van der Waals surface area (Å²) in [5.74, 6) is 5.95. The smallest absolute Gasteiger partial charge is 0.0774 e. The Morgan fingerprint density at radius 3 is 2.48 bits per heavy atom. The zero-order chi connectivity index (χ0) is 15.1. The van der Waals surface area contributed by atoms with Gasteiger partial charge >= 0.3 is 0 Å². The molecule has 1 aliphatic carbocycles. The highest BCUT2D eigenvalue weighted by molar-refractivity contribution is 5.36. The highest BCUT2D eigenvalue weighted by Gasteiger charge is 2.31. The third kappa shape index (κ3) is 5.17. The van der Waals surface area contributed by atoms with Crippen molar-refractivity contribution in [3.05, 3.63) is 35.4 Å². The number of nitrogens with zero attached hydrogens (tertiary/aromatic N) is 1. The van der Waals surface area contributed by atoms with Crippen LogP contribution in [0.15, 0.2) is 24.3 Å². The van der Waals surface area contributed by atoms with Crippen LogP contribution in [0, 0.1) is 11.8 Å². The molecule has 114 valence electrons. The van der Waals surface area contributed by atoms with Gasteiger partial charge in [-0.1, -0.05) is 36.8 Å². The van der Waals surface area contributed by atoms with Gasteiger partial charge in [0.25, 0.3) is 0 Å². The van der Waals surface area contributed by atoms with E-state index in [1.807, 2.05) is 12.1 Å². The van der Waals surface area contributed by atoms with E-state index in [4.69, 9.17) is 5.11 Å². The molecule has 1 aromatic rings. The lowest BCUT2D eigenvalue weighted by Crippen LogP contribution is -2.38. The van der Waals surface area contributed by atoms with Crippen LogP contribution in [0.25, 0.3) is 0 Å². The predicted octanol–water partition coefficient (Wildman–Crippen LogP) is 2.16. The van der Waals surface area contributed by atoms with Crippen molar-refractivity contribution in [2.45, 2.75) is 44.2 Å². The van der Waals surface area contributed by atoms with Crippen LogP contribution in [0.5, 0.6) is 0 Å². The third-order valence-corrected chi connectivity index (χ3v) is 3.97. The van der Waals surface area contributed by atoms with Gasteiger partial charge in [0, 0.05) is 25.1 Å². The van der Waals surface area contributed by atoms with Gasteiger partial charge in [-0.3, -0.25) is 4.90 Å². The van der Waals surface area contributed by atoms with E-state index >= 15 is 0 Å². The molecule has 0 bridgehead atoms. The summed E-state index contributed by atoms with van der Waals surface area (Å²) in [7, 11) is 2.06. The molecule has 0 heterocycles. The molecule has 1 aliphatic rings. The molecule has 0 amide bonds. The van der Waals surface area contributed by atoms with Gasteiger partial charge in [0.2, 0.25) is 0 Å². The number of rotatable bonds is 5. The monoisotopic (exact) mass is 287 g/mol. The molecule has 0 aliphatic heterocycles. The zero-order valence-electron chi connectivity index (χ0n) is 12.8. The second-order valence-corrected chi connectivity index (χ2v) is 6.08. The van der Waals surface area contributed by atoms with Gasteiger partial charge in [-0.2, -0.15) is 0 Å². The Kier molecular flexibility index (Phi) is 5.81. The largest absolute Gasteiger partial charge is 0.395 e. The SMILES string of the molecule is CN(Cc1ccc(C#CCCO)cc1)CC1(O)CCCC1. The van der Waals surface area contributed by atoms with Crippen molar-refractivity contribution >= 4 is 0 Å². The Hall–Kier alpha value is -1.34. The average Bonchev–Trinajstić information content (AvgIpc) is 2.87. The van der Waals surface area contributed by atoms with E-state index in [9.17, 15) is 5.11 Å². The topological polar surface area (TPSA) is 43.7 Å². The molecule has 1 aromatic carbocycles. The standard InChI is InChI=1S/C18H25NO2/c1-19(15-18(21)11-3-4-12-18)14-17-9-7-16(8-10-17)6-2-5-13-20/h7-10,20-21H,3-5,11-15H2,1H3. The minimum Gasteiger partial charge on any atom is -0.395 e. The summed E-state index contributed by atoms with van der Waals surface area (Å²) in [6.45, 7) is 1.69. The number of aliphatic hydroxyl groups excluding tert-OH is 1. The lowest BCUT2D eigenvalue weighted by molar-refractivity contribution is 0.0145. The van der Waals surface area contributed by atoms with Crippen molar-refractivity contribution in [1.82, 2.24) is 4.90 Å². The van der Waals surface area contributed by atoms with Gasteiger partial charge in [-0.25, -0.2) is 0 Å². The van der Waals surface area contributed by atoms with Crippen molar-refractivity contribution in [3.8, 4) is 11.8 Å². The molecule has 1 saturated carbocycles. The molecular formula is C18H25NO2. The van der Waals surface area contributed by atoms with Crippen molar-refractivity contribution < 1.29 is 10.2 Å². The van der Waals surface area contributed by atoms with Crippen LogP contribution in [-0.2, 0) is 6.54 Å². The summed E-state index contributed by atoms with van der Waals surface area (Å²) in [5.41, 5.74) is 1.72. The molecule has 2 N–H and O–H groups in total. The van der Waals surface area contributed by atoms with E-state index in [0.717, 1.165) is 44.3 Å². The molecule has 0 spiro atoms. The molecule has 0 unspecified atom stereocenters. The van der Waals surface area contributed by atoms with E-state index in [-0.39, 0.29) is 6.61 Å². The van der Waals surface area contributed by atoms with Crippen LogP contribution < -0.4 is 0 Å². The van der Waals surface area contributed by atoms with Gasteiger partial charge in [-0.15, -0.1) is 0 Å². The number of benzene rings is 1. The fourth-order valence-corrected chi connectivity index (χ4v) is 2.98. The fraction of sp³-hybridized carbons (Fsp3) is 0.556. The lowest BCUT2D eigenvalue weighted by Gasteiger charge is -2.28. The zero-order valence-corrected chi connectivity index (χ0v) is 12.8. The number of hydrogen-bond acceptors (Lipinski definition) is 3. The van der Waals surface area contributed by atoms with Crippen molar-refractivity contribution in [2.24, 2.45) is 0 Å².